The van der Waals surface area contributed by atoms with Crippen LogP contribution < -0.4 is 28.2 Å². The van der Waals surface area contributed by atoms with Gasteiger partial charge in [0.1, 0.15) is 0 Å². The summed E-state index contributed by atoms with van der Waals surface area (Å²) in [6.07, 6.45) is 0. The van der Waals surface area contributed by atoms with E-state index in [1.165, 1.54) is 12.1 Å². The molecule has 0 aliphatic heterocycles. The maximum absolute atomic E-state index is 12.6. The number of rotatable bonds is 6. The topological polar surface area (TPSA) is 103 Å². The van der Waals surface area contributed by atoms with Crippen LogP contribution in [0.25, 0.3) is 0 Å². The third kappa shape index (κ3) is 5.38. The van der Waals surface area contributed by atoms with E-state index in [4.69, 9.17) is 0 Å². The van der Waals surface area contributed by atoms with Crippen molar-refractivity contribution in [1.29, 1.82) is 0 Å². The third-order valence-corrected chi connectivity index (χ3v) is 5.66. The standard InChI is InChI=1S/C17H21N3O3S2.ClH/c1-11-5-3-8-16(12(11)2)20-25(22,23)14-7-4-6-13(9-14)19-17(21)15(18)10-24;/h3-9,15,20,24H,10,18H2,1-2H3,(H,19,21);1H/t15-;/m0./s1. The van der Waals surface area contributed by atoms with Crippen LogP contribution in [0.3, 0.4) is 0 Å². The largest absolute Gasteiger partial charge is 1.00 e. The maximum atomic E-state index is 12.6. The first-order valence-corrected chi connectivity index (χ1v) is 9.80. The first-order valence-electron chi connectivity index (χ1n) is 7.68. The van der Waals surface area contributed by atoms with Crippen molar-refractivity contribution >= 4 is 39.9 Å². The van der Waals surface area contributed by atoms with E-state index in [9.17, 15) is 13.2 Å². The maximum Gasteiger partial charge on any atom is 0.283 e. The number of benzene rings is 2. The van der Waals surface area contributed by atoms with Crippen molar-refractivity contribution in [3.05, 3.63) is 53.6 Å². The van der Waals surface area contributed by atoms with E-state index < -0.39 is 16.1 Å². The van der Waals surface area contributed by atoms with Gasteiger partial charge in [0.2, 0.25) is 0 Å². The SMILES string of the molecule is Cc1cccc(NS(=O)(=O)c2cccc(NC(=O)[C@@H]([NH3+])CS)c2)c1C.[Cl-]. The number of amides is 1. The second-order valence-corrected chi connectivity index (χ2v) is 7.80. The van der Waals surface area contributed by atoms with Crippen molar-refractivity contribution in [2.45, 2.75) is 24.8 Å². The second kappa shape index (κ2) is 9.27. The first-order chi connectivity index (χ1) is 11.7. The van der Waals surface area contributed by atoms with Crippen molar-refractivity contribution in [1.82, 2.24) is 0 Å². The summed E-state index contributed by atoms with van der Waals surface area (Å²) in [5, 5.41) is 2.65. The molecule has 0 unspecified atom stereocenters. The fourth-order valence-electron chi connectivity index (χ4n) is 2.13. The van der Waals surface area contributed by atoms with Crippen molar-refractivity contribution in [3.63, 3.8) is 0 Å². The molecule has 9 heteroatoms. The molecule has 0 aromatic heterocycles. The second-order valence-electron chi connectivity index (χ2n) is 5.75. The molecule has 0 spiro atoms. The highest BCUT2D eigenvalue weighted by Gasteiger charge is 2.18. The molecule has 142 valence electrons. The van der Waals surface area contributed by atoms with Crippen LogP contribution in [0.15, 0.2) is 47.4 Å². The highest BCUT2D eigenvalue weighted by Crippen LogP contribution is 2.23. The van der Waals surface area contributed by atoms with E-state index >= 15 is 0 Å². The van der Waals surface area contributed by atoms with Crippen LogP contribution >= 0.6 is 12.6 Å². The molecule has 5 N–H and O–H groups in total. The minimum Gasteiger partial charge on any atom is -1.00 e. The summed E-state index contributed by atoms with van der Waals surface area (Å²) in [5.41, 5.74) is 6.46. The Morgan fingerprint density at radius 2 is 1.85 bits per heavy atom. The molecule has 1 amide bonds. The lowest BCUT2D eigenvalue weighted by Crippen LogP contribution is -3.00. The van der Waals surface area contributed by atoms with Crippen molar-refractivity contribution in [2.75, 3.05) is 15.8 Å². The average Bonchev–Trinajstić information content (AvgIpc) is 2.58. The van der Waals surface area contributed by atoms with E-state index in [1.54, 1.807) is 24.3 Å². The fourth-order valence-corrected chi connectivity index (χ4v) is 3.47. The predicted molar refractivity (Wildman–Crippen MR) is 102 cm³/mol. The minimum atomic E-state index is -3.77. The number of nitrogens with one attached hydrogen (secondary N) is 2. The molecule has 0 saturated heterocycles. The van der Waals surface area contributed by atoms with Gasteiger partial charge in [0.25, 0.3) is 15.9 Å². The zero-order valence-electron chi connectivity index (χ0n) is 14.5. The lowest BCUT2D eigenvalue weighted by Gasteiger charge is -2.13. The summed E-state index contributed by atoms with van der Waals surface area (Å²) in [5.74, 6) is -0.00935. The molecule has 0 heterocycles. The molecule has 0 aliphatic carbocycles. The molecule has 1 atom stereocenters. The number of hydrogen-bond acceptors (Lipinski definition) is 4. The highest BCUT2D eigenvalue weighted by molar-refractivity contribution is 7.92. The Balaban J connectivity index is 0.00000338. The van der Waals surface area contributed by atoms with E-state index in [0.717, 1.165) is 11.1 Å². The molecule has 0 saturated carbocycles. The predicted octanol–water partition coefficient (Wildman–Crippen LogP) is -1.41. The van der Waals surface area contributed by atoms with Gasteiger partial charge in [-0.2, -0.15) is 12.6 Å². The van der Waals surface area contributed by atoms with Crippen LogP contribution in [0.2, 0.25) is 0 Å². The Kier molecular flexibility index (Phi) is 7.95. The van der Waals surface area contributed by atoms with Gasteiger partial charge < -0.3 is 23.5 Å². The van der Waals surface area contributed by atoms with E-state index in [0.29, 0.717) is 17.1 Å². The van der Waals surface area contributed by atoms with Gasteiger partial charge in [0, 0.05) is 5.69 Å². The number of hydrogen-bond donors (Lipinski definition) is 4. The summed E-state index contributed by atoms with van der Waals surface area (Å²) >= 11 is 4.03. The van der Waals surface area contributed by atoms with Crippen molar-refractivity contribution in [3.8, 4) is 0 Å². The molecule has 26 heavy (non-hydrogen) atoms. The minimum absolute atomic E-state index is 0. The first kappa shape index (κ1) is 22.3. The lowest BCUT2D eigenvalue weighted by atomic mass is 10.1. The van der Waals surface area contributed by atoms with Gasteiger partial charge in [-0.15, -0.1) is 0 Å². The number of thiol groups is 1. The number of aryl methyl sites for hydroxylation is 1. The molecule has 0 bridgehead atoms. The van der Waals surface area contributed by atoms with Crippen LogP contribution in [0, 0.1) is 13.8 Å². The number of sulfonamides is 1. The number of halogens is 1. The third-order valence-electron chi connectivity index (χ3n) is 3.85. The molecule has 2 aromatic carbocycles. The van der Waals surface area contributed by atoms with Crippen LogP contribution in [0.1, 0.15) is 11.1 Å². The van der Waals surface area contributed by atoms with Gasteiger partial charge in [-0.25, -0.2) is 8.42 Å². The summed E-state index contributed by atoms with van der Waals surface area (Å²) in [6, 6.07) is 11.0. The summed E-state index contributed by atoms with van der Waals surface area (Å²) in [6.45, 7) is 3.77. The van der Waals surface area contributed by atoms with E-state index in [-0.39, 0.29) is 23.2 Å². The van der Waals surface area contributed by atoms with E-state index in [2.05, 4.69) is 28.4 Å². The molecular formula is C17H22ClN3O3S2. The molecule has 0 fully saturated rings. The van der Waals surface area contributed by atoms with Gasteiger partial charge in [0.05, 0.1) is 16.3 Å². The van der Waals surface area contributed by atoms with Crippen LogP contribution in [0.4, 0.5) is 11.4 Å². The van der Waals surface area contributed by atoms with E-state index in [1.807, 2.05) is 19.9 Å². The Hall–Kier alpha value is -1.74. The summed E-state index contributed by atoms with van der Waals surface area (Å²) < 4.78 is 27.9. The molecular weight excluding hydrogens is 394 g/mol. The smallest absolute Gasteiger partial charge is 0.283 e. The Labute approximate surface area is 165 Å². The lowest BCUT2D eigenvalue weighted by molar-refractivity contribution is -0.395. The average molecular weight is 416 g/mol. The zero-order valence-corrected chi connectivity index (χ0v) is 17.0. The fraction of sp³-hybridized carbons (Fsp3) is 0.235. The molecule has 2 rings (SSSR count). The highest BCUT2D eigenvalue weighted by atomic mass is 35.5. The van der Waals surface area contributed by atoms with Gasteiger partial charge in [-0.1, -0.05) is 18.2 Å². The normalized spacial score (nSPS) is 12.0. The van der Waals surface area contributed by atoms with Crippen LogP contribution in [-0.2, 0) is 14.8 Å². The van der Waals surface area contributed by atoms with Gasteiger partial charge in [-0.3, -0.25) is 9.52 Å². The molecule has 6 nitrogen and oxygen atoms in total. The summed E-state index contributed by atoms with van der Waals surface area (Å²) in [7, 11) is -3.77. The number of anilines is 2. The van der Waals surface area contributed by atoms with Crippen molar-refractivity contribution in [2.24, 2.45) is 0 Å². The zero-order chi connectivity index (χ0) is 18.6. The quantitative estimate of drug-likeness (QED) is 0.436. The van der Waals surface area contributed by atoms with Gasteiger partial charge in [0.15, 0.2) is 6.04 Å². The number of carbonyl (C=O) groups excluding carboxylic acids is 1. The number of quaternary nitrogens is 1. The monoisotopic (exact) mass is 415 g/mol. The Bertz CT molecular complexity index is 889. The molecule has 2 aromatic rings. The molecule has 0 radical (unpaired) electrons. The number of carbonyl (C=O) groups is 1. The Morgan fingerprint density at radius 1 is 1.19 bits per heavy atom. The Morgan fingerprint density at radius 3 is 2.50 bits per heavy atom. The molecule has 0 aliphatic rings. The van der Waals surface area contributed by atoms with Crippen molar-refractivity contribution < 1.29 is 31.4 Å². The van der Waals surface area contributed by atoms with Gasteiger partial charge in [-0.05, 0) is 49.2 Å². The van der Waals surface area contributed by atoms with Crippen LogP contribution in [-0.4, -0.2) is 26.1 Å². The summed E-state index contributed by atoms with van der Waals surface area (Å²) in [4.78, 5) is 12.0. The van der Waals surface area contributed by atoms with Crippen LogP contribution in [0.5, 0.6) is 0 Å². The van der Waals surface area contributed by atoms with Gasteiger partial charge >= 0.3 is 0 Å².